The average molecular weight is 241 g/mol. The Morgan fingerprint density at radius 1 is 1.39 bits per heavy atom. The number of likely N-dealkylation sites (N-methyl/N-ethyl adjacent to an activating group) is 1. The number of halogens is 1. The van der Waals surface area contributed by atoms with E-state index in [1.807, 2.05) is 0 Å². The Morgan fingerprint density at radius 2 is 2.06 bits per heavy atom. The third-order valence-corrected chi connectivity index (χ3v) is 2.77. The average Bonchev–Trinajstić information content (AvgIpc) is 2.63. The summed E-state index contributed by atoms with van der Waals surface area (Å²) in [6, 6.07) is 7.25. The first-order chi connectivity index (χ1) is 8.63. The fourth-order valence-corrected chi connectivity index (χ4v) is 2.00. The Hall–Kier alpha value is -2.66. The molecule has 88 valence electrons. The summed E-state index contributed by atoms with van der Waals surface area (Å²) in [5.41, 5.74) is 0.529. The summed E-state index contributed by atoms with van der Waals surface area (Å²) >= 11 is 0. The highest BCUT2D eigenvalue weighted by Gasteiger charge is 2.34. The Labute approximate surface area is 103 Å². The molecule has 1 aromatic carbocycles. The summed E-state index contributed by atoms with van der Waals surface area (Å²) < 4.78 is 13.2. The van der Waals surface area contributed by atoms with E-state index in [1.54, 1.807) is 19.1 Å². The van der Waals surface area contributed by atoms with E-state index in [1.165, 1.54) is 23.1 Å². The van der Waals surface area contributed by atoms with E-state index in [9.17, 15) is 9.18 Å². The van der Waals surface area contributed by atoms with Crippen LogP contribution < -0.4 is 4.90 Å². The fraction of sp³-hybridized carbons (Fsp3) is 0.154. The largest absolute Gasteiger partial charge is 0.308 e. The molecule has 0 aliphatic carbocycles. The summed E-state index contributed by atoms with van der Waals surface area (Å²) in [6.07, 6.45) is 0. The molecular weight excluding hydrogens is 233 g/mol. The Balaban J connectivity index is 2.79. The van der Waals surface area contributed by atoms with Gasteiger partial charge in [0.05, 0.1) is 11.3 Å². The maximum atomic E-state index is 13.2. The van der Waals surface area contributed by atoms with Crippen molar-refractivity contribution in [2.24, 2.45) is 0 Å². The van der Waals surface area contributed by atoms with Gasteiger partial charge in [-0.15, -0.1) is 0 Å². The van der Waals surface area contributed by atoms with E-state index in [4.69, 9.17) is 10.5 Å². The fourth-order valence-electron chi connectivity index (χ4n) is 2.00. The van der Waals surface area contributed by atoms with Crippen LogP contribution in [-0.4, -0.2) is 12.5 Å². The topological polar surface area (TPSA) is 67.9 Å². The van der Waals surface area contributed by atoms with E-state index in [-0.39, 0.29) is 11.1 Å². The lowest BCUT2D eigenvalue weighted by Gasteiger charge is -2.13. The van der Waals surface area contributed by atoms with Gasteiger partial charge >= 0.3 is 0 Å². The van der Waals surface area contributed by atoms with Gasteiger partial charge in [-0.2, -0.15) is 10.5 Å². The molecule has 1 amide bonds. The van der Waals surface area contributed by atoms with Gasteiger partial charge in [0, 0.05) is 12.1 Å². The van der Waals surface area contributed by atoms with Crippen molar-refractivity contribution < 1.29 is 9.18 Å². The molecule has 18 heavy (non-hydrogen) atoms. The Kier molecular flexibility index (Phi) is 2.83. The number of hydrogen-bond donors (Lipinski definition) is 0. The van der Waals surface area contributed by atoms with Crippen LogP contribution in [0.4, 0.5) is 10.1 Å². The molecule has 0 saturated heterocycles. The Morgan fingerprint density at radius 3 is 2.61 bits per heavy atom. The second-order valence-corrected chi connectivity index (χ2v) is 3.68. The van der Waals surface area contributed by atoms with Crippen LogP contribution in [0, 0.1) is 28.5 Å². The normalized spacial score (nSPS) is 13.0. The lowest BCUT2D eigenvalue weighted by Crippen LogP contribution is -2.25. The number of allylic oxidation sites excluding steroid dienone is 1. The first-order valence-electron chi connectivity index (χ1n) is 5.30. The zero-order valence-electron chi connectivity index (χ0n) is 9.57. The molecule has 1 heterocycles. The van der Waals surface area contributed by atoms with Crippen molar-refractivity contribution in [1.29, 1.82) is 10.5 Å². The van der Waals surface area contributed by atoms with Crippen LogP contribution in [0.3, 0.4) is 0 Å². The highest BCUT2D eigenvalue weighted by Crippen LogP contribution is 2.38. The minimum absolute atomic E-state index is 0.0173. The second-order valence-electron chi connectivity index (χ2n) is 3.68. The van der Waals surface area contributed by atoms with Crippen LogP contribution in [0.5, 0.6) is 0 Å². The van der Waals surface area contributed by atoms with Crippen LogP contribution in [0.1, 0.15) is 12.5 Å². The number of nitriles is 2. The third kappa shape index (κ3) is 1.54. The SMILES string of the molecule is CCN1C(=O)C(=C(C#N)C#N)c2cc(F)ccc21. The van der Waals surface area contributed by atoms with Crippen LogP contribution in [-0.2, 0) is 4.79 Å². The summed E-state index contributed by atoms with van der Waals surface area (Å²) in [6.45, 7) is 2.16. The van der Waals surface area contributed by atoms with Crippen molar-refractivity contribution in [3.05, 3.63) is 35.2 Å². The number of rotatable bonds is 1. The quantitative estimate of drug-likeness (QED) is 0.557. The van der Waals surface area contributed by atoms with Crippen molar-refractivity contribution >= 4 is 17.2 Å². The molecule has 0 atom stereocenters. The smallest absolute Gasteiger partial charge is 0.261 e. The van der Waals surface area contributed by atoms with Crippen molar-refractivity contribution in [1.82, 2.24) is 0 Å². The summed E-state index contributed by atoms with van der Waals surface area (Å²) in [5.74, 6) is -0.941. The van der Waals surface area contributed by atoms with E-state index in [2.05, 4.69) is 0 Å². The van der Waals surface area contributed by atoms with Gasteiger partial charge in [0.1, 0.15) is 23.5 Å². The minimum atomic E-state index is -0.507. The van der Waals surface area contributed by atoms with E-state index < -0.39 is 11.7 Å². The second kappa shape index (κ2) is 4.31. The number of carbonyl (C=O) groups is 1. The molecular formula is C13H8FN3O. The molecule has 0 radical (unpaired) electrons. The maximum Gasteiger partial charge on any atom is 0.261 e. The van der Waals surface area contributed by atoms with E-state index >= 15 is 0 Å². The maximum absolute atomic E-state index is 13.2. The van der Waals surface area contributed by atoms with Crippen LogP contribution in [0.15, 0.2) is 23.8 Å². The first-order valence-corrected chi connectivity index (χ1v) is 5.30. The molecule has 0 spiro atoms. The Bertz CT molecular complexity index is 633. The highest BCUT2D eigenvalue weighted by atomic mass is 19.1. The third-order valence-electron chi connectivity index (χ3n) is 2.77. The molecule has 1 aromatic rings. The molecule has 0 unspecified atom stereocenters. The zero-order chi connectivity index (χ0) is 13.3. The van der Waals surface area contributed by atoms with Gasteiger partial charge in [-0.3, -0.25) is 4.79 Å². The molecule has 1 aliphatic heterocycles. The van der Waals surface area contributed by atoms with Gasteiger partial charge in [0.2, 0.25) is 0 Å². The number of anilines is 1. The summed E-state index contributed by atoms with van der Waals surface area (Å²) in [7, 11) is 0. The van der Waals surface area contributed by atoms with E-state index in [0.29, 0.717) is 17.8 Å². The van der Waals surface area contributed by atoms with Gasteiger partial charge in [0.15, 0.2) is 0 Å². The van der Waals surface area contributed by atoms with Crippen LogP contribution in [0.25, 0.3) is 5.57 Å². The number of fused-ring (bicyclic) bond motifs is 1. The number of benzene rings is 1. The van der Waals surface area contributed by atoms with Gasteiger partial charge in [-0.05, 0) is 25.1 Å². The van der Waals surface area contributed by atoms with Crippen molar-refractivity contribution in [2.45, 2.75) is 6.92 Å². The zero-order valence-corrected chi connectivity index (χ0v) is 9.57. The standard InChI is InChI=1S/C13H8FN3O/c1-2-17-11-4-3-9(14)5-10(11)12(13(17)18)8(6-15)7-16/h3-5H,2H2,1H3. The molecule has 5 heteroatoms. The predicted molar refractivity (Wildman–Crippen MR) is 62.6 cm³/mol. The number of amides is 1. The lowest BCUT2D eigenvalue weighted by molar-refractivity contribution is -0.113. The highest BCUT2D eigenvalue weighted by molar-refractivity contribution is 6.34. The first kappa shape index (κ1) is 11.8. The summed E-state index contributed by atoms with van der Waals surface area (Å²) in [5, 5.41) is 17.7. The number of nitrogens with zero attached hydrogens (tertiary/aromatic N) is 3. The molecule has 0 aromatic heterocycles. The molecule has 0 saturated carbocycles. The van der Waals surface area contributed by atoms with Gasteiger partial charge in [0.25, 0.3) is 5.91 Å². The minimum Gasteiger partial charge on any atom is -0.308 e. The number of carbonyl (C=O) groups excluding carboxylic acids is 1. The van der Waals surface area contributed by atoms with Gasteiger partial charge in [-0.25, -0.2) is 4.39 Å². The van der Waals surface area contributed by atoms with Crippen molar-refractivity contribution in [3.8, 4) is 12.1 Å². The van der Waals surface area contributed by atoms with E-state index in [0.717, 1.165) is 0 Å². The predicted octanol–water partition coefficient (Wildman–Crippen LogP) is 1.99. The molecule has 2 rings (SSSR count). The van der Waals surface area contributed by atoms with Gasteiger partial charge < -0.3 is 4.90 Å². The lowest BCUT2D eigenvalue weighted by atomic mass is 10.0. The summed E-state index contributed by atoms with van der Waals surface area (Å²) in [4.78, 5) is 13.5. The van der Waals surface area contributed by atoms with Crippen molar-refractivity contribution in [2.75, 3.05) is 11.4 Å². The molecule has 1 aliphatic rings. The van der Waals surface area contributed by atoms with Crippen molar-refractivity contribution in [3.63, 3.8) is 0 Å². The number of hydrogen-bond acceptors (Lipinski definition) is 3. The molecule has 4 nitrogen and oxygen atoms in total. The van der Waals surface area contributed by atoms with Gasteiger partial charge in [-0.1, -0.05) is 0 Å². The van der Waals surface area contributed by atoms with Crippen LogP contribution in [0.2, 0.25) is 0 Å². The molecule has 0 N–H and O–H groups in total. The monoisotopic (exact) mass is 241 g/mol. The molecule has 0 fully saturated rings. The molecule has 0 bridgehead atoms. The van der Waals surface area contributed by atoms with Crippen LogP contribution >= 0.6 is 0 Å².